The Bertz CT molecular complexity index is 1300. The van der Waals surface area contributed by atoms with Crippen LogP contribution in [0, 0.1) is 12.7 Å². The van der Waals surface area contributed by atoms with Gasteiger partial charge in [0.2, 0.25) is 5.76 Å². The largest absolute Gasteiger partial charge is 0.458 e. The smallest absolute Gasteiger partial charge is 0.437 e. The number of H-pyrrole nitrogens is 1. The molecule has 0 aliphatic carbocycles. The summed E-state index contributed by atoms with van der Waals surface area (Å²) in [5, 5.41) is 0.501. The van der Waals surface area contributed by atoms with E-state index in [2.05, 4.69) is 15.0 Å². The van der Waals surface area contributed by atoms with Gasteiger partial charge >= 0.3 is 6.18 Å². The quantitative estimate of drug-likeness (QED) is 0.473. The van der Waals surface area contributed by atoms with Gasteiger partial charge in [-0.2, -0.15) is 13.2 Å². The van der Waals surface area contributed by atoms with Crippen molar-refractivity contribution in [2.45, 2.75) is 25.6 Å². The summed E-state index contributed by atoms with van der Waals surface area (Å²) >= 11 is 0. The zero-order chi connectivity index (χ0) is 21.9. The van der Waals surface area contributed by atoms with E-state index in [1.54, 1.807) is 6.92 Å². The van der Waals surface area contributed by atoms with E-state index in [4.69, 9.17) is 8.83 Å². The predicted molar refractivity (Wildman–Crippen MR) is 97.6 cm³/mol. The van der Waals surface area contributed by atoms with Crippen LogP contribution in [0.3, 0.4) is 0 Å². The third-order valence-electron chi connectivity index (χ3n) is 5.40. The fourth-order valence-corrected chi connectivity index (χ4v) is 3.96. The van der Waals surface area contributed by atoms with E-state index in [0.717, 1.165) is 5.69 Å². The zero-order valence-corrected chi connectivity index (χ0v) is 16.0. The van der Waals surface area contributed by atoms with Gasteiger partial charge in [-0.05, 0) is 25.1 Å². The number of benzene rings is 1. The maximum atomic E-state index is 13.8. The summed E-state index contributed by atoms with van der Waals surface area (Å²) in [6.45, 7) is 1.78. The maximum absolute atomic E-state index is 13.8. The van der Waals surface area contributed by atoms with Crippen molar-refractivity contribution in [3.63, 3.8) is 0 Å². The molecule has 4 aromatic rings. The van der Waals surface area contributed by atoms with Gasteiger partial charge in [0.1, 0.15) is 23.2 Å². The average Bonchev–Trinajstić information content (AvgIpc) is 3.45. The number of rotatable bonds is 2. The van der Waals surface area contributed by atoms with Crippen molar-refractivity contribution in [1.82, 2.24) is 19.9 Å². The molecule has 0 saturated heterocycles. The SMILES string of the molecule is Cc1c([C@H]2c3nc[nH]c3CCN2C(=O)c2ocnc2C(F)(F)F)oc2ccc(F)cc12. The second-order valence-electron chi connectivity index (χ2n) is 7.18. The molecule has 1 aromatic carbocycles. The summed E-state index contributed by atoms with van der Waals surface area (Å²) in [6, 6.07) is 3.07. The number of carbonyl (C=O) groups is 1. The third-order valence-corrected chi connectivity index (χ3v) is 5.40. The van der Waals surface area contributed by atoms with Crippen molar-refractivity contribution < 1.29 is 31.2 Å². The number of hydrogen-bond acceptors (Lipinski definition) is 5. The van der Waals surface area contributed by atoms with Gasteiger partial charge in [-0.1, -0.05) is 0 Å². The molecule has 0 saturated carbocycles. The first-order valence-electron chi connectivity index (χ1n) is 9.28. The number of aryl methyl sites for hydroxylation is 1. The summed E-state index contributed by atoms with van der Waals surface area (Å²) in [5.41, 5.74) is 0.720. The van der Waals surface area contributed by atoms with Crippen LogP contribution in [-0.4, -0.2) is 32.3 Å². The number of aromatic nitrogens is 3. The first-order chi connectivity index (χ1) is 14.8. The van der Waals surface area contributed by atoms with Gasteiger partial charge in [0.25, 0.3) is 5.91 Å². The average molecular weight is 434 g/mol. The molecule has 1 atom stereocenters. The van der Waals surface area contributed by atoms with E-state index >= 15 is 0 Å². The minimum absolute atomic E-state index is 0.0849. The number of alkyl halides is 3. The molecule has 7 nitrogen and oxygen atoms in total. The Labute approximate surface area is 171 Å². The second-order valence-corrected chi connectivity index (χ2v) is 7.18. The van der Waals surface area contributed by atoms with E-state index in [9.17, 15) is 22.4 Å². The first kappa shape index (κ1) is 19.3. The molecule has 0 radical (unpaired) electrons. The molecular weight excluding hydrogens is 420 g/mol. The highest BCUT2D eigenvalue weighted by Gasteiger charge is 2.44. The van der Waals surface area contributed by atoms with Crippen LogP contribution in [0.1, 0.15) is 45.0 Å². The minimum Gasteiger partial charge on any atom is -0.458 e. The summed E-state index contributed by atoms with van der Waals surface area (Å²) in [6.07, 6.45) is -2.47. The van der Waals surface area contributed by atoms with Crippen LogP contribution in [-0.2, 0) is 12.6 Å². The molecule has 1 aliphatic rings. The lowest BCUT2D eigenvalue weighted by Gasteiger charge is -2.33. The first-order valence-corrected chi connectivity index (χ1v) is 9.28. The molecule has 1 N–H and O–H groups in total. The molecule has 0 unspecified atom stereocenters. The van der Waals surface area contributed by atoms with Crippen LogP contribution in [0.4, 0.5) is 17.6 Å². The number of hydrogen-bond donors (Lipinski definition) is 1. The Kier molecular flexibility index (Phi) is 4.17. The maximum Gasteiger partial charge on any atom is 0.437 e. The molecule has 5 rings (SSSR count). The van der Waals surface area contributed by atoms with Crippen LogP contribution in [0.2, 0.25) is 0 Å². The monoisotopic (exact) mass is 434 g/mol. The van der Waals surface area contributed by atoms with Crippen molar-refractivity contribution in [1.29, 1.82) is 0 Å². The molecule has 1 aliphatic heterocycles. The molecule has 160 valence electrons. The van der Waals surface area contributed by atoms with Crippen LogP contribution in [0.5, 0.6) is 0 Å². The lowest BCUT2D eigenvalue weighted by atomic mass is 9.97. The minimum atomic E-state index is -4.85. The summed E-state index contributed by atoms with van der Waals surface area (Å²) in [4.78, 5) is 24.8. The molecule has 0 spiro atoms. The molecule has 0 bridgehead atoms. The number of nitrogens with zero attached hydrogens (tertiary/aromatic N) is 3. The molecular formula is C20H14F4N4O3. The van der Waals surface area contributed by atoms with Gasteiger partial charge in [-0.25, -0.2) is 14.4 Å². The van der Waals surface area contributed by atoms with E-state index in [-0.39, 0.29) is 12.3 Å². The van der Waals surface area contributed by atoms with E-state index < -0.39 is 35.4 Å². The zero-order valence-electron chi connectivity index (χ0n) is 16.0. The van der Waals surface area contributed by atoms with Crippen molar-refractivity contribution in [3.05, 3.63) is 70.9 Å². The molecule has 3 aromatic heterocycles. The van der Waals surface area contributed by atoms with Crippen LogP contribution >= 0.6 is 0 Å². The second kappa shape index (κ2) is 6.69. The number of amides is 1. The Balaban J connectivity index is 1.66. The molecule has 11 heteroatoms. The summed E-state index contributed by atoms with van der Waals surface area (Å²) < 4.78 is 64.4. The summed E-state index contributed by atoms with van der Waals surface area (Å²) in [7, 11) is 0. The lowest BCUT2D eigenvalue weighted by molar-refractivity contribution is -0.141. The standard InChI is InChI=1S/C20H14F4N4O3/c1-9-11-6-10(21)2-3-13(11)31-16(9)15-14-12(25-7-26-14)4-5-28(15)19(29)17-18(20(22,23)24)27-8-30-17/h2-3,6-8,15H,4-5H2,1H3,(H,25,26)/t15-/m1/s1. The number of oxazole rings is 1. The van der Waals surface area contributed by atoms with E-state index in [0.29, 0.717) is 35.0 Å². The van der Waals surface area contributed by atoms with Gasteiger partial charge in [0.15, 0.2) is 12.1 Å². The van der Waals surface area contributed by atoms with Crippen LogP contribution in [0.15, 0.2) is 39.8 Å². The fraction of sp³-hybridized carbons (Fsp3) is 0.250. The number of nitrogens with one attached hydrogen (secondary N) is 1. The Morgan fingerprint density at radius 3 is 2.87 bits per heavy atom. The number of carbonyl (C=O) groups excluding carboxylic acids is 1. The van der Waals surface area contributed by atoms with Crippen molar-refractivity contribution in [3.8, 4) is 0 Å². The highest BCUT2D eigenvalue weighted by atomic mass is 19.4. The van der Waals surface area contributed by atoms with E-state index in [1.807, 2.05) is 0 Å². The van der Waals surface area contributed by atoms with E-state index in [1.165, 1.54) is 29.4 Å². The highest BCUT2D eigenvalue weighted by Crippen LogP contribution is 2.41. The Morgan fingerprint density at radius 2 is 2.10 bits per heavy atom. The number of halogens is 4. The fourth-order valence-electron chi connectivity index (χ4n) is 3.96. The van der Waals surface area contributed by atoms with Crippen molar-refractivity contribution in [2.24, 2.45) is 0 Å². The number of aromatic amines is 1. The molecule has 1 amide bonds. The van der Waals surface area contributed by atoms with Crippen molar-refractivity contribution in [2.75, 3.05) is 6.54 Å². The highest BCUT2D eigenvalue weighted by molar-refractivity contribution is 5.93. The van der Waals surface area contributed by atoms with Crippen LogP contribution in [0.25, 0.3) is 11.0 Å². The lowest BCUT2D eigenvalue weighted by Crippen LogP contribution is -2.41. The number of furan rings is 1. The van der Waals surface area contributed by atoms with Crippen molar-refractivity contribution >= 4 is 16.9 Å². The molecule has 4 heterocycles. The topological polar surface area (TPSA) is 88.2 Å². The Hall–Kier alpha value is -3.63. The third kappa shape index (κ3) is 2.99. The number of fused-ring (bicyclic) bond motifs is 2. The normalized spacial score (nSPS) is 16.7. The molecule has 31 heavy (non-hydrogen) atoms. The van der Waals surface area contributed by atoms with Gasteiger partial charge in [-0.15, -0.1) is 0 Å². The predicted octanol–water partition coefficient (Wildman–Crippen LogP) is 4.40. The Morgan fingerprint density at radius 1 is 1.29 bits per heavy atom. The van der Waals surface area contributed by atoms with Gasteiger partial charge in [0, 0.05) is 29.6 Å². The summed E-state index contributed by atoms with van der Waals surface area (Å²) in [5.74, 6) is -2.07. The molecule has 0 fully saturated rings. The van der Waals surface area contributed by atoms with Crippen LogP contribution < -0.4 is 0 Å². The van der Waals surface area contributed by atoms with Gasteiger partial charge < -0.3 is 18.7 Å². The van der Waals surface area contributed by atoms with Gasteiger partial charge in [0.05, 0.1) is 12.0 Å². The number of imidazole rings is 1. The van der Waals surface area contributed by atoms with Gasteiger partial charge in [-0.3, -0.25) is 4.79 Å².